The smallest absolute Gasteiger partial charge is 0.0963 e. The first kappa shape index (κ1) is 23.5. The molecule has 0 aliphatic carbocycles. The van der Waals surface area contributed by atoms with Crippen molar-refractivity contribution in [3.63, 3.8) is 0 Å². The maximum atomic E-state index is 3.91. The van der Waals surface area contributed by atoms with E-state index in [1.54, 1.807) is 0 Å². The second kappa shape index (κ2) is 8.82. The van der Waals surface area contributed by atoms with E-state index in [1.165, 1.54) is 33.4 Å². The molecule has 3 aromatic carbocycles. The second-order valence-corrected chi connectivity index (χ2v) is 10.9. The van der Waals surface area contributed by atoms with Crippen LogP contribution in [0.15, 0.2) is 54.6 Å². The van der Waals surface area contributed by atoms with Gasteiger partial charge in [0.2, 0.25) is 0 Å². The molecule has 8 unspecified atom stereocenters. The summed E-state index contributed by atoms with van der Waals surface area (Å²) in [5, 5.41) is 0. The predicted octanol–water partition coefficient (Wildman–Crippen LogP) is 3.01. The van der Waals surface area contributed by atoms with Crippen molar-refractivity contribution in [3.8, 4) is 0 Å². The Bertz CT molecular complexity index is 1440. The van der Waals surface area contributed by atoms with Crippen LogP contribution in [0.3, 0.4) is 0 Å². The molecule has 10 rings (SSSR count). The molecule has 0 amide bonds. The van der Waals surface area contributed by atoms with Gasteiger partial charge >= 0.3 is 0 Å². The molecule has 38 heavy (non-hydrogen) atoms. The summed E-state index contributed by atoms with van der Waals surface area (Å²) in [4.78, 5) is 12.4. The number of hydrogen-bond acceptors (Lipinski definition) is 5. The van der Waals surface area contributed by atoms with Crippen molar-refractivity contribution in [2.45, 2.75) is 24.4 Å². The van der Waals surface area contributed by atoms with Crippen molar-refractivity contribution in [2.24, 2.45) is 0 Å². The van der Waals surface area contributed by atoms with Gasteiger partial charge in [-0.15, -0.1) is 33.4 Å². The van der Waals surface area contributed by atoms with Crippen LogP contribution in [0.2, 0.25) is 0 Å². The van der Waals surface area contributed by atoms with E-state index in [2.05, 4.69) is 122 Å². The Labute approximate surface area is 238 Å². The van der Waals surface area contributed by atoms with Crippen LogP contribution < -0.4 is 0 Å². The van der Waals surface area contributed by atoms with E-state index < -0.39 is 0 Å². The normalized spacial score (nSPS) is 35.5. The van der Waals surface area contributed by atoms with Crippen LogP contribution in [-0.4, -0.2) is 74.7 Å². The Morgan fingerprint density at radius 1 is 0.605 bits per heavy atom. The van der Waals surface area contributed by atoms with Crippen molar-refractivity contribution < 1.29 is 24.7 Å². The van der Waals surface area contributed by atoms with Crippen molar-refractivity contribution >= 4 is 6.34 Å². The van der Waals surface area contributed by atoms with Crippen LogP contribution in [0.5, 0.6) is 0 Å². The first-order chi connectivity index (χ1) is 18.3. The number of nitrogens with zero attached hydrogens (tertiary/aromatic N) is 6. The van der Waals surface area contributed by atoms with Crippen molar-refractivity contribution in [1.29, 1.82) is 0 Å². The fourth-order valence-electron chi connectivity index (χ4n) is 7.23. The molecule has 7 heteroatoms. The maximum absolute atomic E-state index is 3.91. The third kappa shape index (κ3) is 3.40. The van der Waals surface area contributed by atoms with Gasteiger partial charge in [0, 0.05) is 26.3 Å². The number of rotatable bonds is 0. The molecule has 7 aliphatic heterocycles. The van der Waals surface area contributed by atoms with Crippen LogP contribution in [0, 0.1) is 31.5 Å². The standard InChI is InChI=1S/C31H27N6.Ir/c1-4-22-16-23(5-1)29-25-7-3-9-27(18-25)31-35-13-10-32(19-35)28(22)24-6-2-8-26(17-24)30(34-12-11-33(29)20-34)36-14-15-37(31)21-36;/h1-9,19,21,28-31H,10-15H2;/q-5;. The van der Waals surface area contributed by atoms with Crippen LogP contribution in [-0.2, 0) is 20.1 Å². The molecule has 1 radical (unpaired) electrons. The fraction of sp³-hybridized carbons (Fsp3) is 0.323. The third-order valence-corrected chi connectivity index (χ3v) is 8.80. The summed E-state index contributed by atoms with van der Waals surface area (Å²) in [6.07, 6.45) is 3.98. The van der Waals surface area contributed by atoms with Crippen LogP contribution >= 0.6 is 0 Å². The second-order valence-electron chi connectivity index (χ2n) is 10.9. The van der Waals surface area contributed by atoms with Gasteiger partial charge in [-0.2, -0.15) is 79.5 Å². The zero-order valence-corrected chi connectivity index (χ0v) is 23.3. The minimum Gasteiger partial charge on any atom is -0.435 e. The van der Waals surface area contributed by atoms with E-state index in [0.717, 1.165) is 39.3 Å². The van der Waals surface area contributed by atoms with E-state index in [0.29, 0.717) is 0 Å². The van der Waals surface area contributed by atoms with Crippen molar-refractivity contribution in [3.05, 3.63) is 120 Å². The first-order valence-corrected chi connectivity index (χ1v) is 13.4. The topological polar surface area (TPSA) is 19.2 Å². The summed E-state index contributed by atoms with van der Waals surface area (Å²) in [6.45, 7) is 10.4. The van der Waals surface area contributed by atoms with E-state index in [4.69, 9.17) is 0 Å². The summed E-state index contributed by atoms with van der Waals surface area (Å²) < 4.78 is 2.40. The van der Waals surface area contributed by atoms with Gasteiger partial charge in [0.15, 0.2) is 0 Å². The largest absolute Gasteiger partial charge is 0.435 e. The van der Waals surface area contributed by atoms with Gasteiger partial charge in [-0.25, -0.2) is 6.67 Å². The molecule has 16 bridgehead atoms. The Hall–Kier alpha value is -2.38. The van der Waals surface area contributed by atoms with E-state index in [9.17, 15) is 0 Å². The minimum absolute atomic E-state index is 0. The monoisotopic (exact) mass is 676 g/mol. The van der Waals surface area contributed by atoms with Gasteiger partial charge in [0.1, 0.15) is 0 Å². The molecule has 0 spiro atoms. The molecule has 0 saturated carbocycles. The van der Waals surface area contributed by atoms with Gasteiger partial charge in [-0.1, -0.05) is 6.34 Å². The van der Waals surface area contributed by atoms with E-state index in [1.807, 2.05) is 0 Å². The van der Waals surface area contributed by atoms with Gasteiger partial charge in [-0.05, 0) is 32.2 Å². The summed E-state index contributed by atoms with van der Waals surface area (Å²) in [5.74, 6) is 0. The van der Waals surface area contributed by atoms with Crippen LogP contribution in [0.25, 0.3) is 0 Å². The average Bonchev–Trinajstić information content (AvgIpc) is 3.68. The number of benzene rings is 3. The Kier molecular flexibility index (Phi) is 5.45. The molecular formula is C31H27IrN6-5. The van der Waals surface area contributed by atoms with E-state index in [-0.39, 0.29) is 44.5 Å². The zero-order chi connectivity index (χ0) is 24.1. The van der Waals surface area contributed by atoms with Crippen LogP contribution in [0.4, 0.5) is 0 Å². The maximum Gasteiger partial charge on any atom is 0.0963 e. The molecule has 7 aliphatic rings. The van der Waals surface area contributed by atoms with Crippen LogP contribution in [0.1, 0.15) is 57.8 Å². The summed E-state index contributed by atoms with van der Waals surface area (Å²) in [6, 6.07) is 31.9. The molecular weight excluding hydrogens is 649 g/mol. The molecule has 0 aromatic heterocycles. The quantitative estimate of drug-likeness (QED) is 0.269. The van der Waals surface area contributed by atoms with E-state index >= 15 is 0 Å². The number of hydrogen-bond donors (Lipinski definition) is 0. The van der Waals surface area contributed by atoms with Gasteiger partial charge in [0.25, 0.3) is 0 Å². The van der Waals surface area contributed by atoms with Crippen molar-refractivity contribution in [2.75, 3.05) is 39.3 Å². The molecule has 2 saturated heterocycles. The Balaban J connectivity index is 0.00000225. The Morgan fingerprint density at radius 3 is 1.87 bits per heavy atom. The van der Waals surface area contributed by atoms with Crippen molar-refractivity contribution in [1.82, 2.24) is 24.5 Å². The van der Waals surface area contributed by atoms with Gasteiger partial charge in [-0.3, -0.25) is 0 Å². The minimum atomic E-state index is 0. The molecule has 3 aromatic rings. The SMILES string of the molecule is [C-]1=[N+]2CCN1C1c3[c-]c(ccc3)C3c4[c-]c(ccc4)C2N2[CH-]N(CC2)C(c2[c-]c1ccc2)N1[CH-]N3CC1.[Ir]. The molecule has 6 nitrogen and oxygen atoms in total. The zero-order valence-electron chi connectivity index (χ0n) is 20.9. The fourth-order valence-corrected chi connectivity index (χ4v) is 7.23. The molecule has 8 atom stereocenters. The molecule has 7 heterocycles. The van der Waals surface area contributed by atoms with Gasteiger partial charge in [0.05, 0.1) is 25.3 Å². The molecule has 0 N–H and O–H groups in total. The summed E-state index contributed by atoms with van der Waals surface area (Å²) in [5.41, 5.74) is 7.20. The summed E-state index contributed by atoms with van der Waals surface area (Å²) in [7, 11) is 0. The Morgan fingerprint density at radius 2 is 1.13 bits per heavy atom. The first-order valence-electron chi connectivity index (χ1n) is 13.4. The van der Waals surface area contributed by atoms with Gasteiger partial charge < -0.3 is 29.1 Å². The average molecular weight is 676 g/mol. The predicted molar refractivity (Wildman–Crippen MR) is 137 cm³/mol. The molecule has 195 valence electrons. The molecule has 2 fully saturated rings. The third-order valence-electron chi connectivity index (χ3n) is 8.80. The summed E-state index contributed by atoms with van der Waals surface area (Å²) >= 11 is 0.